The first-order valence-electron chi connectivity index (χ1n) is 14.5. The number of piperidine rings is 1. The summed E-state index contributed by atoms with van der Waals surface area (Å²) in [5.74, 6) is 2.23. The topological polar surface area (TPSA) is 103 Å². The Hall–Kier alpha value is -2.58. The van der Waals surface area contributed by atoms with Gasteiger partial charge < -0.3 is 20.4 Å². The van der Waals surface area contributed by atoms with Crippen molar-refractivity contribution in [3.8, 4) is 0 Å². The maximum Gasteiger partial charge on any atom is 0.303 e. The first-order chi connectivity index (χ1) is 18.8. The number of carboxylic acids is 1. The van der Waals surface area contributed by atoms with Gasteiger partial charge in [0.15, 0.2) is 0 Å². The standard InChI is InChI=1S/C31H39N3O4S/c35-27(36)15-21-7-4-11-34(19-21)26-9-8-25(30(32-26)39-12-10-20-5-2-1-3-6-20)29(37)33-28-23-13-22-14-24(28)18-31(38,16-22)17-23/h1-3,5-6,8-9,21-24,28,38H,4,7,10-19H2,(H,33,37)(H,35,36). The maximum atomic E-state index is 13.7. The molecule has 1 saturated heterocycles. The number of amides is 1. The number of anilines is 1. The third kappa shape index (κ3) is 5.97. The fraction of sp³-hybridized carbons (Fsp3) is 0.581. The number of aliphatic hydroxyl groups is 1. The molecular weight excluding hydrogens is 510 g/mol. The molecule has 2 heterocycles. The molecule has 3 unspecified atom stereocenters. The lowest BCUT2D eigenvalue weighted by molar-refractivity contribution is -0.138. The number of benzene rings is 1. The van der Waals surface area contributed by atoms with Gasteiger partial charge in [-0.25, -0.2) is 4.98 Å². The molecule has 1 aromatic carbocycles. The van der Waals surface area contributed by atoms with Crippen LogP contribution < -0.4 is 10.2 Å². The largest absolute Gasteiger partial charge is 0.481 e. The van der Waals surface area contributed by atoms with Crippen LogP contribution in [0, 0.1) is 23.7 Å². The van der Waals surface area contributed by atoms with Gasteiger partial charge in [-0.05, 0) is 92.7 Å². The van der Waals surface area contributed by atoms with Crippen molar-refractivity contribution in [3.63, 3.8) is 0 Å². The zero-order valence-electron chi connectivity index (χ0n) is 22.4. The van der Waals surface area contributed by atoms with Gasteiger partial charge in [0.25, 0.3) is 5.91 Å². The van der Waals surface area contributed by atoms with Crippen molar-refractivity contribution in [2.45, 2.75) is 74.5 Å². The summed E-state index contributed by atoms with van der Waals surface area (Å²) < 4.78 is 0. The molecule has 3 N–H and O–H groups in total. The Morgan fingerprint density at radius 2 is 1.85 bits per heavy atom. The summed E-state index contributed by atoms with van der Waals surface area (Å²) in [4.78, 5) is 32.2. The van der Waals surface area contributed by atoms with Crippen molar-refractivity contribution in [2.24, 2.45) is 23.7 Å². The molecule has 5 fully saturated rings. The summed E-state index contributed by atoms with van der Waals surface area (Å²) >= 11 is 1.62. The smallest absolute Gasteiger partial charge is 0.303 e. The van der Waals surface area contributed by atoms with Gasteiger partial charge in [0.05, 0.1) is 11.2 Å². The van der Waals surface area contributed by atoms with Crippen LogP contribution in [0.15, 0.2) is 47.5 Å². The van der Waals surface area contributed by atoms with E-state index < -0.39 is 11.6 Å². The zero-order chi connectivity index (χ0) is 27.0. The Bertz CT molecular complexity index is 1190. The number of hydrogen-bond donors (Lipinski definition) is 3. The summed E-state index contributed by atoms with van der Waals surface area (Å²) in [5.41, 5.74) is 1.35. The van der Waals surface area contributed by atoms with E-state index >= 15 is 0 Å². The molecule has 8 heteroatoms. The zero-order valence-corrected chi connectivity index (χ0v) is 23.2. The first kappa shape index (κ1) is 26.6. The molecule has 1 aromatic heterocycles. The molecule has 7 nitrogen and oxygen atoms in total. The van der Waals surface area contributed by atoms with E-state index in [1.165, 1.54) is 5.56 Å². The highest BCUT2D eigenvalue weighted by atomic mass is 32.2. The van der Waals surface area contributed by atoms with E-state index in [1.54, 1.807) is 11.8 Å². The number of carboxylic acid groups (broad SMARTS) is 1. The third-order valence-corrected chi connectivity index (χ3v) is 10.4. The van der Waals surface area contributed by atoms with Gasteiger partial charge in [0.2, 0.25) is 0 Å². The summed E-state index contributed by atoms with van der Waals surface area (Å²) in [6.07, 6.45) is 7.65. The van der Waals surface area contributed by atoms with E-state index in [0.29, 0.717) is 29.9 Å². The number of hydrogen-bond acceptors (Lipinski definition) is 6. The van der Waals surface area contributed by atoms with Gasteiger partial charge in [-0.2, -0.15) is 0 Å². The van der Waals surface area contributed by atoms with Crippen molar-refractivity contribution in [2.75, 3.05) is 23.7 Å². The van der Waals surface area contributed by atoms with Crippen molar-refractivity contribution < 1.29 is 19.8 Å². The van der Waals surface area contributed by atoms with Crippen LogP contribution >= 0.6 is 11.8 Å². The fourth-order valence-electron chi connectivity index (χ4n) is 7.93. The number of aryl methyl sites for hydroxylation is 1. The molecule has 0 radical (unpaired) electrons. The van der Waals surface area contributed by atoms with Crippen LogP contribution in [0.1, 0.15) is 67.3 Å². The summed E-state index contributed by atoms with van der Waals surface area (Å²) in [6.45, 7) is 1.52. The van der Waals surface area contributed by atoms with E-state index in [9.17, 15) is 19.8 Å². The molecule has 3 atom stereocenters. The number of pyridine rings is 1. The lowest BCUT2D eigenvalue weighted by atomic mass is 9.52. The van der Waals surface area contributed by atoms with Gasteiger partial charge in [0, 0.05) is 31.3 Å². The molecule has 1 aliphatic heterocycles. The highest BCUT2D eigenvalue weighted by Gasteiger charge is 2.55. The second kappa shape index (κ2) is 11.1. The monoisotopic (exact) mass is 549 g/mol. The molecule has 0 spiro atoms. The average Bonchev–Trinajstić information content (AvgIpc) is 2.90. The summed E-state index contributed by atoms with van der Waals surface area (Å²) in [5, 5.41) is 24.4. The maximum absolute atomic E-state index is 13.7. The quantitative estimate of drug-likeness (QED) is 0.387. The van der Waals surface area contributed by atoms with Crippen LogP contribution in [0.5, 0.6) is 0 Å². The molecule has 5 aliphatic rings. The number of nitrogens with zero attached hydrogens (tertiary/aromatic N) is 2. The van der Waals surface area contributed by atoms with E-state index in [1.807, 2.05) is 30.3 Å². The van der Waals surface area contributed by atoms with Gasteiger partial charge in [-0.3, -0.25) is 9.59 Å². The molecular formula is C31H39N3O4S. The minimum Gasteiger partial charge on any atom is -0.481 e. The Morgan fingerprint density at radius 3 is 2.56 bits per heavy atom. The van der Waals surface area contributed by atoms with Crippen molar-refractivity contribution in [1.29, 1.82) is 0 Å². The number of nitrogens with one attached hydrogen (secondary N) is 1. The minimum absolute atomic E-state index is 0.0666. The molecule has 208 valence electrons. The second-order valence-corrected chi connectivity index (χ2v) is 13.4. The molecule has 2 aromatic rings. The van der Waals surface area contributed by atoms with Crippen molar-refractivity contribution in [1.82, 2.24) is 10.3 Å². The predicted octanol–water partition coefficient (Wildman–Crippen LogP) is 4.78. The predicted molar refractivity (Wildman–Crippen MR) is 152 cm³/mol. The van der Waals surface area contributed by atoms with Crippen LogP contribution in [0.3, 0.4) is 0 Å². The van der Waals surface area contributed by atoms with Crippen LogP contribution in [0.4, 0.5) is 5.82 Å². The molecule has 39 heavy (non-hydrogen) atoms. The van der Waals surface area contributed by atoms with E-state index in [-0.39, 0.29) is 24.3 Å². The number of thioether (sulfide) groups is 1. The highest BCUT2D eigenvalue weighted by molar-refractivity contribution is 7.99. The normalized spacial score (nSPS) is 31.3. The van der Waals surface area contributed by atoms with E-state index in [2.05, 4.69) is 22.3 Å². The van der Waals surface area contributed by atoms with Gasteiger partial charge in [-0.1, -0.05) is 30.3 Å². The van der Waals surface area contributed by atoms with Crippen LogP contribution in [0.25, 0.3) is 0 Å². The van der Waals surface area contributed by atoms with Crippen LogP contribution in [-0.2, 0) is 11.2 Å². The van der Waals surface area contributed by atoms with E-state index in [0.717, 1.165) is 74.5 Å². The molecule has 7 rings (SSSR count). The number of rotatable bonds is 9. The Labute approximate surface area is 234 Å². The second-order valence-electron chi connectivity index (χ2n) is 12.4. The van der Waals surface area contributed by atoms with Gasteiger partial charge in [0.1, 0.15) is 10.8 Å². The fourth-order valence-corrected chi connectivity index (χ4v) is 8.94. The Kier molecular flexibility index (Phi) is 7.60. The van der Waals surface area contributed by atoms with Gasteiger partial charge >= 0.3 is 5.97 Å². The molecule has 4 aliphatic carbocycles. The Morgan fingerprint density at radius 1 is 1.08 bits per heavy atom. The van der Waals surface area contributed by atoms with Crippen LogP contribution in [0.2, 0.25) is 0 Å². The first-order valence-corrected chi connectivity index (χ1v) is 15.5. The number of aliphatic carboxylic acids is 1. The lowest BCUT2D eigenvalue weighted by Gasteiger charge is -2.58. The lowest BCUT2D eigenvalue weighted by Crippen LogP contribution is -2.61. The average molecular weight is 550 g/mol. The minimum atomic E-state index is -0.754. The summed E-state index contributed by atoms with van der Waals surface area (Å²) in [6, 6.07) is 14.3. The summed E-state index contributed by atoms with van der Waals surface area (Å²) in [7, 11) is 0. The van der Waals surface area contributed by atoms with E-state index in [4.69, 9.17) is 4.98 Å². The Balaban J connectivity index is 1.20. The SMILES string of the molecule is O=C(O)CC1CCCN(c2ccc(C(=O)NC3C4CC5CC3CC(O)(C5)C4)c(SCCc3ccccc3)n2)C1. The van der Waals surface area contributed by atoms with Crippen molar-refractivity contribution in [3.05, 3.63) is 53.6 Å². The number of aromatic nitrogens is 1. The highest BCUT2D eigenvalue weighted by Crippen LogP contribution is 2.55. The number of carbonyl (C=O) groups excluding carboxylic acids is 1. The van der Waals surface area contributed by atoms with Crippen molar-refractivity contribution >= 4 is 29.5 Å². The molecule has 1 amide bonds. The number of carbonyl (C=O) groups is 2. The third-order valence-electron chi connectivity index (χ3n) is 9.41. The van der Waals surface area contributed by atoms with Gasteiger partial charge in [-0.15, -0.1) is 11.8 Å². The molecule has 4 bridgehead atoms. The van der Waals surface area contributed by atoms with Crippen LogP contribution in [-0.4, -0.2) is 57.6 Å². The molecule has 4 saturated carbocycles.